The molecule has 2 aliphatic heterocycles. The molecular weight excluding hydrogens is 402 g/mol. The highest BCUT2D eigenvalue weighted by Gasteiger charge is 2.36. The first-order chi connectivity index (χ1) is 14.9. The third-order valence-electron chi connectivity index (χ3n) is 4.95. The molecule has 2 aliphatic rings. The molecule has 9 nitrogen and oxygen atoms in total. The number of nitrogens with one attached hydrogen (secondary N) is 2. The molecule has 1 unspecified atom stereocenters. The first kappa shape index (κ1) is 20.5. The van der Waals surface area contributed by atoms with Crippen LogP contribution in [0.1, 0.15) is 30.6 Å². The number of hydrogen-bond donors (Lipinski definition) is 2. The Balaban J connectivity index is 1.32. The van der Waals surface area contributed by atoms with Gasteiger partial charge in [0.2, 0.25) is 18.6 Å². The second-order valence-electron chi connectivity index (χ2n) is 7.58. The summed E-state index contributed by atoms with van der Waals surface area (Å²) in [6.07, 6.45) is 0.0857. The summed E-state index contributed by atoms with van der Waals surface area (Å²) in [5.41, 5.74) is 5.82. The van der Waals surface area contributed by atoms with Crippen molar-refractivity contribution in [2.45, 2.75) is 26.4 Å². The third-order valence-corrected chi connectivity index (χ3v) is 4.95. The average Bonchev–Trinajstić information content (AvgIpc) is 3.37. The zero-order valence-electron chi connectivity index (χ0n) is 17.2. The summed E-state index contributed by atoms with van der Waals surface area (Å²) >= 11 is 0. The lowest BCUT2D eigenvalue weighted by Crippen LogP contribution is -2.45. The Morgan fingerprint density at radius 2 is 1.81 bits per heavy atom. The standard InChI is InChI=1S/C22H23N3O6/c1-13(2)31-17-6-3-14(4-7-17)21(27)23-24-22(28)15-9-20(26)25(11-15)16-5-8-18-19(10-16)30-12-29-18/h3-8,10,13,15H,9,11-12H2,1-2H3,(H,23,27)(H,24,28). The van der Waals surface area contributed by atoms with Crippen LogP contribution in [0.5, 0.6) is 17.2 Å². The highest BCUT2D eigenvalue weighted by molar-refractivity contribution is 6.01. The quantitative estimate of drug-likeness (QED) is 0.710. The molecule has 0 saturated carbocycles. The van der Waals surface area contributed by atoms with E-state index < -0.39 is 17.7 Å². The summed E-state index contributed by atoms with van der Waals surface area (Å²) in [6.45, 7) is 4.18. The fourth-order valence-electron chi connectivity index (χ4n) is 3.44. The van der Waals surface area contributed by atoms with E-state index in [1.807, 2.05) is 13.8 Å². The number of carbonyl (C=O) groups excluding carboxylic acids is 3. The third kappa shape index (κ3) is 4.55. The van der Waals surface area contributed by atoms with Crippen LogP contribution in [0.15, 0.2) is 42.5 Å². The minimum Gasteiger partial charge on any atom is -0.491 e. The molecule has 1 atom stereocenters. The van der Waals surface area contributed by atoms with Crippen molar-refractivity contribution in [3.63, 3.8) is 0 Å². The van der Waals surface area contributed by atoms with Gasteiger partial charge in [-0.2, -0.15) is 0 Å². The number of hydrogen-bond acceptors (Lipinski definition) is 6. The summed E-state index contributed by atoms with van der Waals surface area (Å²) in [7, 11) is 0. The van der Waals surface area contributed by atoms with E-state index in [-0.39, 0.29) is 31.8 Å². The molecule has 3 amide bonds. The molecule has 2 N–H and O–H groups in total. The van der Waals surface area contributed by atoms with Crippen LogP contribution < -0.4 is 30.0 Å². The predicted molar refractivity (Wildman–Crippen MR) is 111 cm³/mol. The Morgan fingerprint density at radius 1 is 1.06 bits per heavy atom. The van der Waals surface area contributed by atoms with Crippen LogP contribution in [-0.2, 0) is 9.59 Å². The number of ether oxygens (including phenoxy) is 3. The second-order valence-corrected chi connectivity index (χ2v) is 7.58. The molecule has 162 valence electrons. The minimum atomic E-state index is -0.583. The molecule has 1 saturated heterocycles. The molecule has 2 aromatic rings. The van der Waals surface area contributed by atoms with E-state index in [4.69, 9.17) is 14.2 Å². The van der Waals surface area contributed by atoms with Crippen molar-refractivity contribution in [3.05, 3.63) is 48.0 Å². The minimum absolute atomic E-state index is 0.0327. The number of fused-ring (bicyclic) bond motifs is 1. The number of hydrazine groups is 1. The Kier molecular flexibility index (Phi) is 5.66. The molecule has 0 radical (unpaired) electrons. The molecule has 0 aromatic heterocycles. The first-order valence-electron chi connectivity index (χ1n) is 9.97. The van der Waals surface area contributed by atoms with E-state index in [2.05, 4.69) is 10.9 Å². The monoisotopic (exact) mass is 425 g/mol. The fraction of sp³-hybridized carbons (Fsp3) is 0.318. The smallest absolute Gasteiger partial charge is 0.269 e. The van der Waals surface area contributed by atoms with Crippen molar-refractivity contribution in [2.75, 3.05) is 18.2 Å². The lowest BCUT2D eigenvalue weighted by atomic mass is 10.1. The van der Waals surface area contributed by atoms with E-state index in [0.29, 0.717) is 28.5 Å². The van der Waals surface area contributed by atoms with E-state index >= 15 is 0 Å². The van der Waals surface area contributed by atoms with Crippen molar-refractivity contribution < 1.29 is 28.6 Å². The van der Waals surface area contributed by atoms with E-state index in [1.165, 1.54) is 4.90 Å². The van der Waals surface area contributed by atoms with Gasteiger partial charge in [0.05, 0.1) is 12.0 Å². The number of benzene rings is 2. The Bertz CT molecular complexity index is 1000. The molecule has 1 fully saturated rings. The van der Waals surface area contributed by atoms with Crippen molar-refractivity contribution in [1.82, 2.24) is 10.9 Å². The van der Waals surface area contributed by atoms with Crippen LogP contribution >= 0.6 is 0 Å². The molecule has 31 heavy (non-hydrogen) atoms. The van der Waals surface area contributed by atoms with Gasteiger partial charge in [-0.3, -0.25) is 25.2 Å². The number of nitrogens with zero attached hydrogens (tertiary/aromatic N) is 1. The highest BCUT2D eigenvalue weighted by Crippen LogP contribution is 2.37. The molecule has 0 spiro atoms. The number of rotatable bonds is 5. The van der Waals surface area contributed by atoms with Gasteiger partial charge in [-0.15, -0.1) is 0 Å². The highest BCUT2D eigenvalue weighted by atomic mass is 16.7. The van der Waals surface area contributed by atoms with Gasteiger partial charge in [0.15, 0.2) is 11.5 Å². The maximum Gasteiger partial charge on any atom is 0.269 e. The van der Waals surface area contributed by atoms with Gasteiger partial charge in [-0.25, -0.2) is 0 Å². The Morgan fingerprint density at radius 3 is 2.55 bits per heavy atom. The number of carbonyl (C=O) groups is 3. The van der Waals surface area contributed by atoms with Gasteiger partial charge in [-0.1, -0.05) is 0 Å². The molecule has 0 aliphatic carbocycles. The molecular formula is C22H23N3O6. The number of anilines is 1. The van der Waals surface area contributed by atoms with Crippen LogP contribution in [0, 0.1) is 5.92 Å². The van der Waals surface area contributed by atoms with Crippen LogP contribution in [0.3, 0.4) is 0 Å². The average molecular weight is 425 g/mol. The summed E-state index contributed by atoms with van der Waals surface area (Å²) < 4.78 is 16.2. The maximum atomic E-state index is 12.5. The normalized spacial score (nSPS) is 17.1. The summed E-state index contributed by atoms with van der Waals surface area (Å²) in [5.74, 6) is 0.201. The summed E-state index contributed by atoms with van der Waals surface area (Å²) in [4.78, 5) is 38.7. The van der Waals surface area contributed by atoms with Gasteiger partial charge >= 0.3 is 0 Å². The van der Waals surface area contributed by atoms with Crippen LogP contribution in [0.4, 0.5) is 5.69 Å². The summed E-state index contributed by atoms with van der Waals surface area (Å²) in [6, 6.07) is 11.8. The first-order valence-corrected chi connectivity index (χ1v) is 9.97. The van der Waals surface area contributed by atoms with Crippen molar-refractivity contribution in [1.29, 1.82) is 0 Å². The van der Waals surface area contributed by atoms with Crippen molar-refractivity contribution >= 4 is 23.4 Å². The molecule has 0 bridgehead atoms. The summed E-state index contributed by atoms with van der Waals surface area (Å²) in [5, 5.41) is 0. The van der Waals surface area contributed by atoms with Crippen LogP contribution in [-0.4, -0.2) is 37.2 Å². The molecule has 2 aromatic carbocycles. The predicted octanol–water partition coefficient (Wildman–Crippen LogP) is 2.02. The second kappa shape index (κ2) is 8.55. The van der Waals surface area contributed by atoms with Crippen molar-refractivity contribution in [3.8, 4) is 17.2 Å². The van der Waals surface area contributed by atoms with Crippen LogP contribution in [0.2, 0.25) is 0 Å². The zero-order valence-corrected chi connectivity index (χ0v) is 17.2. The molecule has 2 heterocycles. The SMILES string of the molecule is CC(C)Oc1ccc(C(=O)NNC(=O)C2CC(=O)N(c3ccc4c(c3)OCO4)C2)cc1. The van der Waals surface area contributed by atoms with E-state index in [9.17, 15) is 14.4 Å². The maximum absolute atomic E-state index is 12.5. The molecule has 9 heteroatoms. The largest absolute Gasteiger partial charge is 0.491 e. The van der Waals surface area contributed by atoms with E-state index in [1.54, 1.807) is 42.5 Å². The Hall–Kier alpha value is -3.75. The zero-order chi connectivity index (χ0) is 22.0. The van der Waals surface area contributed by atoms with Gasteiger partial charge in [0, 0.05) is 30.3 Å². The Labute approximate surface area is 179 Å². The van der Waals surface area contributed by atoms with Gasteiger partial charge in [0.1, 0.15) is 5.75 Å². The van der Waals surface area contributed by atoms with Gasteiger partial charge < -0.3 is 19.1 Å². The lowest BCUT2D eigenvalue weighted by Gasteiger charge is -2.17. The van der Waals surface area contributed by atoms with Gasteiger partial charge in [-0.05, 0) is 50.2 Å². The lowest BCUT2D eigenvalue weighted by molar-refractivity contribution is -0.126. The van der Waals surface area contributed by atoms with Crippen molar-refractivity contribution in [2.24, 2.45) is 5.92 Å². The van der Waals surface area contributed by atoms with Crippen LogP contribution in [0.25, 0.3) is 0 Å². The fourth-order valence-corrected chi connectivity index (χ4v) is 3.44. The topological polar surface area (TPSA) is 106 Å². The van der Waals surface area contributed by atoms with Gasteiger partial charge in [0.25, 0.3) is 5.91 Å². The molecule has 4 rings (SSSR count). The number of amides is 3. The van der Waals surface area contributed by atoms with E-state index in [0.717, 1.165) is 0 Å².